The highest BCUT2D eigenvalue weighted by Gasteiger charge is 2.34. The van der Waals surface area contributed by atoms with Gasteiger partial charge in [-0.05, 0) is 220 Å². The summed E-state index contributed by atoms with van der Waals surface area (Å²) in [7, 11) is -9.66. The van der Waals surface area contributed by atoms with Gasteiger partial charge in [0, 0.05) is 58.2 Å². The molecule has 132 heavy (non-hydrogen) atoms. The van der Waals surface area contributed by atoms with Crippen molar-refractivity contribution in [3.63, 3.8) is 0 Å². The Morgan fingerprint density at radius 3 is 1.20 bits per heavy atom. The second-order valence-corrected chi connectivity index (χ2v) is 45.1. The molecule has 14 nitrogen and oxygen atoms in total. The molecule has 3 aromatic heterocycles. The third kappa shape index (κ3) is 39.6. The van der Waals surface area contributed by atoms with Crippen LogP contribution in [-0.4, -0.2) is 111 Å². The van der Waals surface area contributed by atoms with Crippen LogP contribution in [0.5, 0.6) is 0 Å². The monoisotopic (exact) mass is 2170 g/mol. The highest BCUT2D eigenvalue weighted by Crippen LogP contribution is 2.42. The third-order valence-electron chi connectivity index (χ3n) is 19.2. The van der Waals surface area contributed by atoms with Crippen LogP contribution in [0, 0.1) is 11.8 Å². The molecule has 2 unspecified atom stereocenters. The molecule has 0 fully saturated rings. The first-order valence-electron chi connectivity index (χ1n) is 41.1. The maximum absolute atomic E-state index is 13.0. The summed E-state index contributed by atoms with van der Waals surface area (Å²) in [5.74, 6) is 2.03. The highest BCUT2D eigenvalue weighted by atomic mass is 79.9. The van der Waals surface area contributed by atoms with Crippen molar-refractivity contribution >= 4 is 181 Å². The van der Waals surface area contributed by atoms with Gasteiger partial charge in [0.2, 0.25) is 9.84 Å². The molecule has 0 saturated carbocycles. The quantitative estimate of drug-likeness (QED) is 0.0145. The maximum Gasteiger partial charge on any atom is 0.488 e. The van der Waals surface area contributed by atoms with Gasteiger partial charge >= 0.3 is 43.8 Å². The molecule has 40 heteroatoms. The van der Waals surface area contributed by atoms with Crippen molar-refractivity contribution in [3.05, 3.63) is 234 Å². The van der Waals surface area contributed by atoms with Crippen molar-refractivity contribution in [2.45, 2.75) is 197 Å². The number of thiazole rings is 3. The average Bonchev–Trinajstić information content (AvgIpc) is 1.04. The number of nitrogens with zero attached hydrogens (tertiary/aromatic N) is 3. The molecule has 8 aromatic carbocycles. The molecule has 0 radical (unpaired) electrons. The molecule has 0 aliphatic rings. The fraction of sp³-hybridized carbons (Fsp3) is 0.359. The number of ether oxygens (including phenoxy) is 2. The molecular weight excluding hydrogens is 2070 g/mol. The topological polar surface area (TPSA) is 226 Å². The van der Waals surface area contributed by atoms with Gasteiger partial charge in [-0.3, -0.25) is 9.59 Å². The fourth-order valence-corrected chi connectivity index (χ4v) is 22.6. The molecule has 0 bridgehead atoms. The molecule has 11 rings (SSSR count). The van der Waals surface area contributed by atoms with Gasteiger partial charge in [0.1, 0.15) is 9.22 Å². The molecular formula is C92H101BBr2F12N4O10S11. The zero-order chi connectivity index (χ0) is 97.7. The minimum atomic E-state index is -4.53. The smallest absolute Gasteiger partial charge is 0.465 e. The largest absolute Gasteiger partial charge is 0.488 e. The van der Waals surface area contributed by atoms with Gasteiger partial charge in [0.15, 0.2) is 9.84 Å². The van der Waals surface area contributed by atoms with Crippen LogP contribution in [0.1, 0.15) is 143 Å². The summed E-state index contributed by atoms with van der Waals surface area (Å²) in [4.78, 5) is 42.3. The van der Waals surface area contributed by atoms with E-state index in [0.29, 0.717) is 48.7 Å². The summed E-state index contributed by atoms with van der Waals surface area (Å²) in [5.41, 5.74) is 6.18. The summed E-state index contributed by atoms with van der Waals surface area (Å²) in [6.45, 7) is 13.9. The molecule has 11 aromatic rings. The summed E-state index contributed by atoms with van der Waals surface area (Å²) < 4.78 is 216. The number of hydrogen-bond donors (Lipinski definition) is 3. The minimum Gasteiger partial charge on any atom is -0.465 e. The number of halogens is 14. The van der Waals surface area contributed by atoms with Gasteiger partial charge < -0.3 is 25.3 Å². The Balaban J connectivity index is 0.000000253. The van der Waals surface area contributed by atoms with E-state index in [1.165, 1.54) is 64.0 Å². The molecule has 3 heterocycles. The lowest BCUT2D eigenvalue weighted by Gasteiger charge is -2.14. The van der Waals surface area contributed by atoms with Crippen molar-refractivity contribution in [1.29, 1.82) is 0 Å². The van der Waals surface area contributed by atoms with Crippen molar-refractivity contribution < 1.29 is 98.6 Å². The number of thioether (sulfide) groups is 5. The van der Waals surface area contributed by atoms with Gasteiger partial charge in [-0.15, -0.1) is 92.8 Å². The van der Waals surface area contributed by atoms with Crippen LogP contribution in [0.15, 0.2) is 244 Å². The predicted octanol–water partition coefficient (Wildman–Crippen LogP) is 28.4. The van der Waals surface area contributed by atoms with Gasteiger partial charge in [0.05, 0.1) is 94.7 Å². The Morgan fingerprint density at radius 2 is 0.833 bits per heavy atom. The molecule has 0 saturated heterocycles. The zero-order valence-corrected chi connectivity index (χ0v) is 85.7. The first-order chi connectivity index (χ1) is 62.3. The second-order valence-electron chi connectivity index (χ2n) is 28.9. The number of benzene rings is 8. The molecule has 4 N–H and O–H groups in total. The number of alkyl halides is 12. The third-order valence-corrected chi connectivity index (χ3v) is 31.8. The zero-order valence-electron chi connectivity index (χ0n) is 73.5. The Hall–Kier alpha value is -6.35. The minimum absolute atomic E-state index is 0.0352. The fourth-order valence-electron chi connectivity index (χ4n) is 11.7. The lowest BCUT2D eigenvalue weighted by atomic mass is 9.80. The van der Waals surface area contributed by atoms with Gasteiger partial charge in [0.25, 0.3) is 0 Å². The Bertz CT molecular complexity index is 5640. The van der Waals surface area contributed by atoms with E-state index in [-0.39, 0.29) is 49.1 Å². The van der Waals surface area contributed by atoms with E-state index in [1.807, 2.05) is 55.2 Å². The number of aryl methyl sites for hydroxylation is 2. The number of unbranched alkanes of at least 4 members (excludes halogenated alkanes) is 2. The SMILES string of the molecule is CCCCC(CC)COC(=O)CCSc1cc(Br)cc(SC)c1.CCCCC(CC)COC(=O)CCSc1cc(SC)cc(-c2ccc(C(F)(F)F)cc2)c1.CCc1ncc(Br)s1.CCc1ncc(Sc2cc(SC)cc(-c3ccc(C(F)(F)F)cc3)c2)s1.CS(=O)(=O)c1cc(-c2ccc(C(F)(F)F)cc2)cc(S(=O)(=O)c2cnc(CN)s2)c1.OB(O)c1ccc(C(F)(F)F)cc1. The Kier molecular flexibility index (Phi) is 48.4. The van der Waals surface area contributed by atoms with Crippen molar-refractivity contribution in [2.24, 2.45) is 17.6 Å². The van der Waals surface area contributed by atoms with E-state index < -0.39 is 73.8 Å². The van der Waals surface area contributed by atoms with Crippen LogP contribution in [0.3, 0.4) is 0 Å². The molecule has 2 atom stereocenters. The number of rotatable bonds is 35. The number of esters is 2. The Morgan fingerprint density at radius 1 is 0.462 bits per heavy atom. The maximum atomic E-state index is 13.0. The van der Waals surface area contributed by atoms with E-state index >= 15 is 0 Å². The normalized spacial score (nSPS) is 12.1. The molecule has 716 valence electrons. The molecule has 0 spiro atoms. The van der Waals surface area contributed by atoms with Crippen molar-refractivity contribution in [1.82, 2.24) is 15.0 Å². The van der Waals surface area contributed by atoms with Gasteiger partial charge in [-0.25, -0.2) is 31.8 Å². The number of nitrogens with two attached hydrogens (primary N) is 1. The molecule has 0 aliphatic heterocycles. The van der Waals surface area contributed by atoms with Crippen LogP contribution in [-0.2, 0) is 82.8 Å². The standard InChI is InChI=1S/C25H31F3O2S2.C19H16F3NS3.C18H27BrO2S2.C18H15F3N2O4S3.C7H6BF3O2.C5H6BrNS/c1-4-6-7-18(5-2)17-30-24(29)12-13-32-23-15-20(14-22(16-23)31-3)19-8-10-21(11-9-19)25(26,27)28;1-3-17-23-11-18(26-17)25-16-9-13(8-15(10-16)24-2)12-4-6-14(7-5-12)19(20,21)22;1-4-6-7-14(5-2)13-21-18(20)8-9-23-17-11-15(19)10-16(12-17)22-3;1-29(24,25)14-6-12(11-2-4-13(5-3-11)18(19,20)21)7-15(8-14)30(26,27)17-10-23-16(9-22)28-17;9-7(10,11)5-1-3-6(4-2-5)8(12)13;1-2-5-7-3-4(6)8-5/h8-11,14-16,18H,4-7,12-13,17H2,1-3H3;4-11H,3H2,1-2H3;10-12,14H,4-9,13H2,1-3H3;2-8,10H,9,22H2,1H3;1-4,12-13H;3H,2H2,1H3. The van der Waals surface area contributed by atoms with Gasteiger partial charge in [-0.2, -0.15) is 52.7 Å². The highest BCUT2D eigenvalue weighted by molar-refractivity contribution is 9.11. The van der Waals surface area contributed by atoms with Crippen LogP contribution in [0.4, 0.5) is 52.7 Å². The molecule has 0 aliphatic carbocycles. The summed E-state index contributed by atoms with van der Waals surface area (Å²) in [5, 5.41) is 19.9. The van der Waals surface area contributed by atoms with E-state index in [4.69, 9.17) is 25.3 Å². The number of hydrogen-bond acceptors (Lipinski definition) is 23. The first kappa shape index (κ1) is 114. The Labute approximate surface area is 818 Å². The van der Waals surface area contributed by atoms with Crippen LogP contribution in [0.25, 0.3) is 33.4 Å². The summed E-state index contributed by atoms with van der Waals surface area (Å²) in [6, 6.07) is 40.0. The van der Waals surface area contributed by atoms with E-state index in [0.717, 1.165) is 219 Å². The van der Waals surface area contributed by atoms with Crippen LogP contribution >= 0.6 is 136 Å². The van der Waals surface area contributed by atoms with Crippen molar-refractivity contribution in [3.8, 4) is 33.4 Å². The predicted molar refractivity (Wildman–Crippen MR) is 524 cm³/mol. The molecule has 0 amide bonds. The lowest BCUT2D eigenvalue weighted by Crippen LogP contribution is -2.29. The van der Waals surface area contributed by atoms with E-state index in [1.54, 1.807) is 93.2 Å². The second kappa shape index (κ2) is 55.9. The van der Waals surface area contributed by atoms with Crippen LogP contribution < -0.4 is 11.2 Å². The van der Waals surface area contributed by atoms with E-state index in [2.05, 4.69) is 119 Å². The summed E-state index contributed by atoms with van der Waals surface area (Å²) >= 11 is 20.9. The summed E-state index contributed by atoms with van der Waals surface area (Å²) in [6.07, 6.45) is 5.97. The number of carbonyl (C=O) groups is 2. The average molecular weight is 2170 g/mol. The lowest BCUT2D eigenvalue weighted by molar-refractivity contribution is -0.145. The van der Waals surface area contributed by atoms with Gasteiger partial charge in [-0.1, -0.05) is 168 Å². The van der Waals surface area contributed by atoms with Crippen LogP contribution in [0.2, 0.25) is 0 Å². The van der Waals surface area contributed by atoms with Crippen molar-refractivity contribution in [2.75, 3.05) is 49.7 Å². The van der Waals surface area contributed by atoms with E-state index in [9.17, 15) is 79.1 Å². The number of carbonyl (C=O) groups excluding carboxylic acids is 2. The number of aromatic nitrogens is 3. The number of sulfone groups is 2. The first-order valence-corrected chi connectivity index (χ1v) is 55.0.